The topological polar surface area (TPSA) is 85.0 Å². The van der Waals surface area contributed by atoms with Crippen LogP contribution in [0.25, 0.3) is 0 Å². The third kappa shape index (κ3) is 0.850. The maximum absolute atomic E-state index is 11.3. The fourth-order valence-electron chi connectivity index (χ4n) is 1.20. The molecule has 1 aliphatic rings. The van der Waals surface area contributed by atoms with E-state index in [1.807, 2.05) is 0 Å². The summed E-state index contributed by atoms with van der Waals surface area (Å²) in [6.07, 6.45) is 0.988. The summed E-state index contributed by atoms with van der Waals surface area (Å²) in [6.45, 7) is 1.77. The second-order valence-electron chi connectivity index (χ2n) is 2.63. The molecule has 1 aliphatic heterocycles. The number of carbonyl (C=O) groups excluding carboxylic acids is 1. The first-order chi connectivity index (χ1) is 5.68. The van der Waals surface area contributed by atoms with Crippen molar-refractivity contribution in [2.24, 2.45) is 5.73 Å². The second kappa shape index (κ2) is 2.21. The molecule has 4 N–H and O–H groups in total. The maximum Gasteiger partial charge on any atom is 0.274 e. The van der Waals surface area contributed by atoms with Crippen molar-refractivity contribution in [1.29, 1.82) is 0 Å². The lowest BCUT2D eigenvalue weighted by Crippen LogP contribution is -2.55. The van der Waals surface area contributed by atoms with Gasteiger partial charge in [-0.15, -0.1) is 0 Å². The van der Waals surface area contributed by atoms with Crippen LogP contribution in [0, 0.1) is 6.92 Å². The van der Waals surface area contributed by atoms with Crippen LogP contribution in [-0.4, -0.2) is 21.9 Å². The molecule has 1 aromatic heterocycles. The summed E-state index contributed by atoms with van der Waals surface area (Å²) in [5.74, 6) is -0.198. The van der Waals surface area contributed by atoms with Crippen molar-refractivity contribution < 1.29 is 4.79 Å². The summed E-state index contributed by atoms with van der Waals surface area (Å²) in [6, 6.07) is 0. The highest BCUT2D eigenvalue weighted by molar-refractivity contribution is 5.94. The van der Waals surface area contributed by atoms with Gasteiger partial charge in [0.2, 0.25) is 0 Å². The molecule has 6 nitrogen and oxygen atoms in total. The molecule has 0 aliphatic carbocycles. The predicted molar refractivity (Wildman–Crippen MR) is 41.8 cm³/mol. The average Bonchev–Trinajstić information content (AvgIpc) is 2.31. The van der Waals surface area contributed by atoms with Gasteiger partial charge in [-0.3, -0.25) is 16.0 Å². The lowest BCUT2D eigenvalue weighted by molar-refractivity contribution is 0.0916. The Balaban J connectivity index is 2.50. The average molecular weight is 167 g/mol. The number of carbonyl (C=O) groups is 1. The second-order valence-corrected chi connectivity index (χ2v) is 2.63. The van der Waals surface area contributed by atoms with E-state index in [-0.39, 0.29) is 5.91 Å². The number of nitrogens with one attached hydrogen (secondary N) is 2. The lowest BCUT2D eigenvalue weighted by Gasteiger charge is -2.23. The van der Waals surface area contributed by atoms with Crippen molar-refractivity contribution in [3.8, 4) is 0 Å². The first-order valence-corrected chi connectivity index (χ1v) is 3.55. The summed E-state index contributed by atoms with van der Waals surface area (Å²) in [7, 11) is 0. The van der Waals surface area contributed by atoms with Crippen LogP contribution in [-0.2, 0) is 0 Å². The SMILES string of the molecule is Cc1ncn2c1C(=O)NC(N)N2. The monoisotopic (exact) mass is 167 g/mol. The predicted octanol–water partition coefficient (Wildman–Crippen LogP) is -1.28. The van der Waals surface area contributed by atoms with Crippen molar-refractivity contribution in [3.63, 3.8) is 0 Å². The zero-order valence-corrected chi connectivity index (χ0v) is 6.53. The van der Waals surface area contributed by atoms with Crippen LogP contribution < -0.4 is 16.5 Å². The number of hydrogen-bond acceptors (Lipinski definition) is 4. The van der Waals surface area contributed by atoms with Crippen molar-refractivity contribution in [2.45, 2.75) is 13.2 Å². The van der Waals surface area contributed by atoms with Crippen LogP contribution in [0.4, 0.5) is 0 Å². The molecule has 1 unspecified atom stereocenters. The Hall–Kier alpha value is -1.56. The Morgan fingerprint density at radius 2 is 2.50 bits per heavy atom. The normalized spacial score (nSPS) is 21.2. The van der Waals surface area contributed by atoms with Crippen LogP contribution in [0.15, 0.2) is 6.33 Å². The number of imidazole rings is 1. The van der Waals surface area contributed by atoms with Gasteiger partial charge in [0.05, 0.1) is 5.69 Å². The Labute approximate surface area is 68.7 Å². The Morgan fingerprint density at radius 1 is 1.75 bits per heavy atom. The van der Waals surface area contributed by atoms with E-state index in [1.165, 1.54) is 11.0 Å². The molecule has 0 saturated carbocycles. The molecule has 0 bridgehead atoms. The standard InChI is InChI=1S/C6H9N5O/c1-3-4-5(12)9-6(7)10-11(4)2-8-3/h2,6,10H,7H2,1H3,(H,9,12). The zero-order valence-electron chi connectivity index (χ0n) is 6.53. The molecule has 0 saturated heterocycles. The molecule has 12 heavy (non-hydrogen) atoms. The van der Waals surface area contributed by atoms with Crippen LogP contribution in [0.2, 0.25) is 0 Å². The third-order valence-electron chi connectivity index (χ3n) is 1.73. The fraction of sp³-hybridized carbons (Fsp3) is 0.333. The minimum absolute atomic E-state index is 0.198. The van der Waals surface area contributed by atoms with Gasteiger partial charge >= 0.3 is 0 Å². The van der Waals surface area contributed by atoms with E-state index < -0.39 is 6.29 Å². The highest BCUT2D eigenvalue weighted by Gasteiger charge is 2.23. The van der Waals surface area contributed by atoms with E-state index in [2.05, 4.69) is 15.7 Å². The molecule has 1 atom stereocenters. The van der Waals surface area contributed by atoms with Gasteiger partial charge in [-0.25, -0.2) is 9.66 Å². The molecule has 0 aromatic carbocycles. The zero-order chi connectivity index (χ0) is 8.72. The van der Waals surface area contributed by atoms with E-state index in [0.29, 0.717) is 11.4 Å². The molecule has 2 rings (SSSR count). The summed E-state index contributed by atoms with van der Waals surface area (Å²) in [4.78, 5) is 15.3. The van der Waals surface area contributed by atoms with Gasteiger partial charge in [-0.05, 0) is 6.92 Å². The molecule has 0 fully saturated rings. The van der Waals surface area contributed by atoms with Gasteiger partial charge in [-0.1, -0.05) is 0 Å². The largest absolute Gasteiger partial charge is 0.317 e. The minimum atomic E-state index is -0.543. The van der Waals surface area contributed by atoms with E-state index in [4.69, 9.17) is 5.73 Å². The van der Waals surface area contributed by atoms with E-state index in [1.54, 1.807) is 6.92 Å². The Morgan fingerprint density at radius 3 is 3.25 bits per heavy atom. The summed E-state index contributed by atoms with van der Waals surface area (Å²) in [5, 5.41) is 2.53. The van der Waals surface area contributed by atoms with Crippen molar-refractivity contribution in [2.75, 3.05) is 5.43 Å². The molecule has 1 aromatic rings. The van der Waals surface area contributed by atoms with Crippen LogP contribution >= 0.6 is 0 Å². The number of aromatic nitrogens is 2. The van der Waals surface area contributed by atoms with Crippen molar-refractivity contribution in [1.82, 2.24) is 15.0 Å². The molecular weight excluding hydrogens is 158 g/mol. The van der Waals surface area contributed by atoms with Crippen LogP contribution in [0.3, 0.4) is 0 Å². The molecule has 6 heteroatoms. The summed E-state index contributed by atoms with van der Waals surface area (Å²) in [5.41, 5.74) is 9.47. The quantitative estimate of drug-likeness (QED) is 0.449. The van der Waals surface area contributed by atoms with Gasteiger partial charge < -0.3 is 5.32 Å². The van der Waals surface area contributed by atoms with Gasteiger partial charge in [0, 0.05) is 0 Å². The fourth-order valence-corrected chi connectivity index (χ4v) is 1.20. The number of amides is 1. The number of aryl methyl sites for hydroxylation is 1. The Bertz CT molecular complexity index is 331. The van der Waals surface area contributed by atoms with Gasteiger partial charge in [0.15, 0.2) is 6.29 Å². The molecule has 0 radical (unpaired) electrons. The molecule has 0 spiro atoms. The highest BCUT2D eigenvalue weighted by atomic mass is 16.2. The number of nitrogens with zero attached hydrogens (tertiary/aromatic N) is 2. The highest BCUT2D eigenvalue weighted by Crippen LogP contribution is 2.07. The Kier molecular flexibility index (Phi) is 1.31. The number of rotatable bonds is 0. The first-order valence-electron chi connectivity index (χ1n) is 3.55. The third-order valence-corrected chi connectivity index (χ3v) is 1.73. The van der Waals surface area contributed by atoms with Crippen LogP contribution in [0.5, 0.6) is 0 Å². The van der Waals surface area contributed by atoms with Crippen molar-refractivity contribution >= 4 is 5.91 Å². The van der Waals surface area contributed by atoms with Gasteiger partial charge in [-0.2, -0.15) is 0 Å². The molecule has 1 amide bonds. The van der Waals surface area contributed by atoms with Gasteiger partial charge in [0.25, 0.3) is 5.91 Å². The number of hydrogen-bond donors (Lipinski definition) is 3. The molecule has 64 valence electrons. The van der Waals surface area contributed by atoms with E-state index in [0.717, 1.165) is 0 Å². The van der Waals surface area contributed by atoms with Gasteiger partial charge in [0.1, 0.15) is 12.0 Å². The maximum atomic E-state index is 11.3. The summed E-state index contributed by atoms with van der Waals surface area (Å²) >= 11 is 0. The number of fused-ring (bicyclic) bond motifs is 1. The first kappa shape index (κ1) is 7.11. The van der Waals surface area contributed by atoms with E-state index in [9.17, 15) is 4.79 Å². The molecular formula is C6H9N5O. The van der Waals surface area contributed by atoms with Crippen molar-refractivity contribution in [3.05, 3.63) is 17.7 Å². The molecule has 2 heterocycles. The van der Waals surface area contributed by atoms with E-state index >= 15 is 0 Å². The van der Waals surface area contributed by atoms with Crippen LogP contribution in [0.1, 0.15) is 16.2 Å². The number of nitrogens with two attached hydrogens (primary N) is 1. The smallest absolute Gasteiger partial charge is 0.274 e. The lowest BCUT2D eigenvalue weighted by atomic mass is 10.3. The summed E-state index contributed by atoms with van der Waals surface area (Å²) < 4.78 is 1.53. The minimum Gasteiger partial charge on any atom is -0.317 e.